The summed E-state index contributed by atoms with van der Waals surface area (Å²) in [4.78, 5) is 36.8. The first kappa shape index (κ1) is 18.4. The van der Waals surface area contributed by atoms with Crippen molar-refractivity contribution in [1.82, 2.24) is 14.5 Å². The second-order valence-corrected chi connectivity index (χ2v) is 6.10. The van der Waals surface area contributed by atoms with E-state index in [9.17, 15) is 14.4 Å². The van der Waals surface area contributed by atoms with Crippen LogP contribution in [0.15, 0.2) is 58.1 Å². The molecule has 7 heteroatoms. The molecule has 1 aromatic heterocycles. The Bertz CT molecular complexity index is 1080. The highest BCUT2D eigenvalue weighted by Crippen LogP contribution is 2.12. The van der Waals surface area contributed by atoms with Crippen molar-refractivity contribution in [2.24, 2.45) is 7.05 Å². The Hall–Kier alpha value is -3.35. The Morgan fingerprint density at radius 3 is 2.33 bits per heavy atom. The molecule has 0 saturated carbocycles. The first-order chi connectivity index (χ1) is 13.0. The van der Waals surface area contributed by atoms with E-state index in [2.05, 4.69) is 5.32 Å². The molecule has 3 rings (SSSR count). The minimum absolute atomic E-state index is 0.216. The summed E-state index contributed by atoms with van der Waals surface area (Å²) in [6, 6.07) is 14.4. The lowest BCUT2D eigenvalue weighted by Crippen LogP contribution is -2.43. The van der Waals surface area contributed by atoms with Gasteiger partial charge in [0.1, 0.15) is 12.3 Å². The highest BCUT2D eigenvalue weighted by atomic mass is 16.5. The van der Waals surface area contributed by atoms with Crippen LogP contribution in [0.5, 0.6) is 5.75 Å². The van der Waals surface area contributed by atoms with Crippen LogP contribution in [0.25, 0.3) is 11.0 Å². The molecule has 1 heterocycles. The van der Waals surface area contributed by atoms with Gasteiger partial charge in [-0.15, -0.1) is 0 Å². The molecule has 1 amide bonds. The largest absolute Gasteiger partial charge is 0.494 e. The molecular weight excluding hydrogens is 346 g/mol. The van der Waals surface area contributed by atoms with Gasteiger partial charge in [-0.1, -0.05) is 24.3 Å². The summed E-state index contributed by atoms with van der Waals surface area (Å²) < 4.78 is 7.89. The Morgan fingerprint density at radius 2 is 1.67 bits per heavy atom. The van der Waals surface area contributed by atoms with Crippen LogP contribution in [0.2, 0.25) is 0 Å². The average molecular weight is 367 g/mol. The third kappa shape index (κ3) is 3.92. The fourth-order valence-electron chi connectivity index (χ4n) is 2.88. The maximum Gasteiger partial charge on any atom is 0.317 e. The number of para-hydroxylation sites is 2. The van der Waals surface area contributed by atoms with E-state index >= 15 is 0 Å². The van der Waals surface area contributed by atoms with Crippen molar-refractivity contribution < 1.29 is 9.53 Å². The van der Waals surface area contributed by atoms with Crippen molar-refractivity contribution >= 4 is 16.9 Å². The van der Waals surface area contributed by atoms with E-state index in [4.69, 9.17) is 4.74 Å². The molecular formula is C20H21N3O4. The molecule has 0 atom stereocenters. The van der Waals surface area contributed by atoms with Gasteiger partial charge in [-0.3, -0.25) is 19.0 Å². The Morgan fingerprint density at radius 1 is 1.00 bits per heavy atom. The molecule has 1 N–H and O–H groups in total. The van der Waals surface area contributed by atoms with Crippen molar-refractivity contribution in [3.05, 3.63) is 74.8 Å². The van der Waals surface area contributed by atoms with Gasteiger partial charge in [0, 0.05) is 13.6 Å². The maximum atomic E-state index is 12.3. The summed E-state index contributed by atoms with van der Waals surface area (Å²) in [5, 5.41) is 2.78. The normalized spacial score (nSPS) is 10.7. The van der Waals surface area contributed by atoms with E-state index in [0.29, 0.717) is 24.2 Å². The summed E-state index contributed by atoms with van der Waals surface area (Å²) in [5.41, 5.74) is 0.677. The SMILES string of the molecule is CCOc1ccc(CNC(=O)Cn2c(=O)c(=O)n(C)c3ccccc32)cc1. The molecule has 0 fully saturated rings. The monoisotopic (exact) mass is 367 g/mol. The summed E-state index contributed by atoms with van der Waals surface area (Å²) in [7, 11) is 1.54. The van der Waals surface area contributed by atoms with Gasteiger partial charge in [-0.2, -0.15) is 0 Å². The minimum Gasteiger partial charge on any atom is -0.494 e. The Labute approximate surface area is 155 Å². The van der Waals surface area contributed by atoms with Crippen molar-refractivity contribution in [3.63, 3.8) is 0 Å². The van der Waals surface area contributed by atoms with Crippen LogP contribution < -0.4 is 21.2 Å². The van der Waals surface area contributed by atoms with Crippen molar-refractivity contribution in [2.75, 3.05) is 6.61 Å². The molecule has 0 aliphatic rings. The molecule has 0 bridgehead atoms. The molecule has 0 aliphatic carbocycles. The molecule has 0 saturated heterocycles. The zero-order valence-corrected chi connectivity index (χ0v) is 15.3. The molecule has 0 unspecified atom stereocenters. The van der Waals surface area contributed by atoms with Crippen LogP contribution in [0, 0.1) is 0 Å². The van der Waals surface area contributed by atoms with Crippen LogP contribution in [-0.4, -0.2) is 21.6 Å². The first-order valence-corrected chi connectivity index (χ1v) is 8.68. The van der Waals surface area contributed by atoms with Crippen LogP contribution in [0.1, 0.15) is 12.5 Å². The highest BCUT2D eigenvalue weighted by molar-refractivity contribution is 5.80. The van der Waals surface area contributed by atoms with Gasteiger partial charge in [0.25, 0.3) is 0 Å². The number of rotatable bonds is 6. The topological polar surface area (TPSA) is 82.3 Å². The molecule has 2 aromatic carbocycles. The van der Waals surface area contributed by atoms with Gasteiger partial charge in [0.2, 0.25) is 5.91 Å². The first-order valence-electron chi connectivity index (χ1n) is 8.68. The second kappa shape index (κ2) is 7.90. The number of carbonyl (C=O) groups excluding carboxylic acids is 1. The van der Waals surface area contributed by atoms with E-state index in [1.807, 2.05) is 31.2 Å². The molecule has 0 spiro atoms. The lowest BCUT2D eigenvalue weighted by molar-refractivity contribution is -0.121. The third-order valence-electron chi connectivity index (χ3n) is 4.29. The maximum absolute atomic E-state index is 12.3. The van der Waals surface area contributed by atoms with Crippen molar-refractivity contribution in [2.45, 2.75) is 20.0 Å². The number of amides is 1. The number of ether oxygens (including phenoxy) is 1. The summed E-state index contributed by atoms with van der Waals surface area (Å²) in [6.07, 6.45) is 0. The number of aryl methyl sites for hydroxylation is 1. The summed E-state index contributed by atoms with van der Waals surface area (Å²) in [6.45, 7) is 2.61. The van der Waals surface area contributed by atoms with E-state index in [1.165, 1.54) is 9.13 Å². The predicted molar refractivity (Wildman–Crippen MR) is 103 cm³/mol. The lowest BCUT2D eigenvalue weighted by atomic mass is 10.2. The van der Waals surface area contributed by atoms with Gasteiger partial charge in [0.15, 0.2) is 0 Å². The third-order valence-corrected chi connectivity index (χ3v) is 4.29. The number of hydrogen-bond donors (Lipinski definition) is 1. The molecule has 140 valence electrons. The lowest BCUT2D eigenvalue weighted by Gasteiger charge is -2.12. The van der Waals surface area contributed by atoms with Crippen LogP contribution in [0.4, 0.5) is 0 Å². The average Bonchev–Trinajstić information content (AvgIpc) is 2.69. The van der Waals surface area contributed by atoms with Gasteiger partial charge in [-0.05, 0) is 36.8 Å². The number of benzene rings is 2. The standard InChI is InChI=1S/C20H21N3O4/c1-3-27-15-10-8-14(9-11-15)12-21-18(24)13-23-17-7-5-4-6-16(17)22(2)19(25)20(23)26/h4-11H,3,12-13H2,1-2H3,(H,21,24). The van der Waals surface area contributed by atoms with E-state index in [1.54, 1.807) is 31.3 Å². The van der Waals surface area contributed by atoms with E-state index in [0.717, 1.165) is 11.3 Å². The summed E-state index contributed by atoms with van der Waals surface area (Å²) >= 11 is 0. The van der Waals surface area contributed by atoms with Gasteiger partial charge < -0.3 is 14.6 Å². The van der Waals surface area contributed by atoms with Gasteiger partial charge in [-0.25, -0.2) is 0 Å². The minimum atomic E-state index is -0.715. The van der Waals surface area contributed by atoms with Crippen LogP contribution in [0.3, 0.4) is 0 Å². The van der Waals surface area contributed by atoms with Crippen LogP contribution >= 0.6 is 0 Å². The van der Waals surface area contributed by atoms with Gasteiger partial charge >= 0.3 is 11.1 Å². The number of carbonyl (C=O) groups is 1. The number of nitrogens with one attached hydrogen (secondary N) is 1. The zero-order chi connectivity index (χ0) is 19.4. The molecule has 7 nitrogen and oxygen atoms in total. The second-order valence-electron chi connectivity index (χ2n) is 6.10. The number of aromatic nitrogens is 2. The van der Waals surface area contributed by atoms with Gasteiger partial charge in [0.05, 0.1) is 17.6 Å². The fourth-order valence-corrected chi connectivity index (χ4v) is 2.88. The smallest absolute Gasteiger partial charge is 0.317 e. The molecule has 3 aromatic rings. The molecule has 0 radical (unpaired) electrons. The summed E-state index contributed by atoms with van der Waals surface area (Å²) in [5.74, 6) is 0.426. The van der Waals surface area contributed by atoms with Crippen LogP contribution in [-0.2, 0) is 24.9 Å². The number of fused-ring (bicyclic) bond motifs is 1. The highest BCUT2D eigenvalue weighted by Gasteiger charge is 2.13. The zero-order valence-electron chi connectivity index (χ0n) is 15.3. The van der Waals surface area contributed by atoms with E-state index < -0.39 is 11.1 Å². The Balaban J connectivity index is 1.76. The molecule has 0 aliphatic heterocycles. The van der Waals surface area contributed by atoms with Crippen molar-refractivity contribution in [3.8, 4) is 5.75 Å². The number of hydrogen-bond acceptors (Lipinski definition) is 4. The predicted octanol–water partition coefficient (Wildman–Crippen LogP) is 1.42. The fraction of sp³-hybridized carbons (Fsp3) is 0.250. The number of nitrogens with zero attached hydrogens (tertiary/aromatic N) is 2. The quantitative estimate of drug-likeness (QED) is 0.668. The van der Waals surface area contributed by atoms with Crippen molar-refractivity contribution in [1.29, 1.82) is 0 Å². The molecule has 27 heavy (non-hydrogen) atoms. The Kier molecular flexibility index (Phi) is 5.40. The van der Waals surface area contributed by atoms with E-state index in [-0.39, 0.29) is 12.5 Å².